The topological polar surface area (TPSA) is 139 Å². The number of carbonyl (C=O) groups excluding carboxylic acids is 6. The van der Waals surface area contributed by atoms with Crippen LogP contribution in [0.5, 0.6) is 0 Å². The second kappa shape index (κ2) is 17.3. The van der Waals surface area contributed by atoms with Gasteiger partial charge in [-0.3, -0.25) is 28.8 Å². The average Bonchev–Trinajstić information content (AvgIpc) is 2.68. The molecule has 0 aliphatic heterocycles. The molecular weight excluding hydrogens is 510 g/mol. The molecule has 0 radical (unpaired) electrons. The van der Waals surface area contributed by atoms with Crippen LogP contribution in [0.1, 0.15) is 134 Å². The highest BCUT2D eigenvalue weighted by atomic mass is 16.2. The highest BCUT2D eigenvalue weighted by molar-refractivity contribution is 5.99. The van der Waals surface area contributed by atoms with Crippen molar-refractivity contribution in [2.45, 2.75) is 140 Å². The summed E-state index contributed by atoms with van der Waals surface area (Å²) in [4.78, 5) is 69.5. The standard InChI is InChI=1S/C17H30O3.C14H27N3O3/c1-16(2,3)11-10-14(19)12-13(18)8-7-9-15(20)17(4,5)6;1-13(2,3)8-12(20)16-9-15-10(18)7-11(19)17-14(4,5)6/h7-12H2,1-6H3;7-9H2,1-6H3,(H,15,18)(H,16,20)(H,17,19). The summed E-state index contributed by atoms with van der Waals surface area (Å²) in [6, 6.07) is 0. The van der Waals surface area contributed by atoms with E-state index in [1.165, 1.54) is 0 Å². The average molecular weight is 568 g/mol. The lowest BCUT2D eigenvalue weighted by Crippen LogP contribution is -2.44. The van der Waals surface area contributed by atoms with Gasteiger partial charge in [0.25, 0.3) is 0 Å². The SMILES string of the molecule is CC(C)(C)CC(=O)NCNC(=O)CC(=O)NC(C)(C)C.CC(C)(C)CCC(=O)CC(=O)CCCC(=O)C(C)(C)C. The Labute approximate surface area is 242 Å². The van der Waals surface area contributed by atoms with E-state index in [1.54, 1.807) is 0 Å². The molecule has 0 aliphatic rings. The van der Waals surface area contributed by atoms with Crippen LogP contribution in [0.2, 0.25) is 0 Å². The third kappa shape index (κ3) is 27.0. The molecule has 232 valence electrons. The van der Waals surface area contributed by atoms with Crippen LogP contribution in [0.4, 0.5) is 0 Å². The Bertz CT molecular complexity index is 865. The van der Waals surface area contributed by atoms with Gasteiger partial charge in [0.15, 0.2) is 0 Å². The number of hydrogen-bond donors (Lipinski definition) is 3. The number of hydrogen-bond acceptors (Lipinski definition) is 6. The minimum Gasteiger partial charge on any atom is -0.351 e. The van der Waals surface area contributed by atoms with Crippen LogP contribution >= 0.6 is 0 Å². The monoisotopic (exact) mass is 567 g/mol. The van der Waals surface area contributed by atoms with Crippen molar-refractivity contribution in [2.75, 3.05) is 6.67 Å². The van der Waals surface area contributed by atoms with Crippen molar-refractivity contribution in [3.8, 4) is 0 Å². The molecule has 0 aromatic carbocycles. The second-order valence-corrected chi connectivity index (χ2v) is 14.9. The van der Waals surface area contributed by atoms with Gasteiger partial charge in [-0.1, -0.05) is 62.3 Å². The number of carbonyl (C=O) groups is 6. The van der Waals surface area contributed by atoms with Gasteiger partial charge in [-0.25, -0.2) is 0 Å². The van der Waals surface area contributed by atoms with Gasteiger partial charge >= 0.3 is 0 Å². The summed E-state index contributed by atoms with van der Waals surface area (Å²) in [6.45, 7) is 23.3. The highest BCUT2D eigenvalue weighted by Crippen LogP contribution is 2.22. The Hall–Kier alpha value is -2.58. The number of rotatable bonds is 13. The van der Waals surface area contributed by atoms with E-state index in [0.29, 0.717) is 32.1 Å². The van der Waals surface area contributed by atoms with Crippen LogP contribution in [0.15, 0.2) is 0 Å². The second-order valence-electron chi connectivity index (χ2n) is 14.9. The van der Waals surface area contributed by atoms with Crippen molar-refractivity contribution in [1.82, 2.24) is 16.0 Å². The lowest BCUT2D eigenvalue weighted by atomic mass is 9.87. The van der Waals surface area contributed by atoms with Crippen molar-refractivity contribution in [1.29, 1.82) is 0 Å². The van der Waals surface area contributed by atoms with Crippen LogP contribution in [0.25, 0.3) is 0 Å². The zero-order chi connectivity index (χ0) is 31.9. The third-order valence-corrected chi connectivity index (χ3v) is 5.34. The van der Waals surface area contributed by atoms with E-state index in [4.69, 9.17) is 0 Å². The molecule has 9 nitrogen and oxygen atoms in total. The fraction of sp³-hybridized carbons (Fsp3) is 0.806. The van der Waals surface area contributed by atoms with Gasteiger partial charge in [-0.2, -0.15) is 0 Å². The molecule has 0 unspecified atom stereocenters. The smallest absolute Gasteiger partial charge is 0.230 e. The Balaban J connectivity index is 0. The van der Waals surface area contributed by atoms with Crippen molar-refractivity contribution in [2.24, 2.45) is 16.2 Å². The van der Waals surface area contributed by atoms with Gasteiger partial charge in [-0.05, 0) is 44.4 Å². The highest BCUT2D eigenvalue weighted by Gasteiger charge is 2.21. The van der Waals surface area contributed by atoms with Crippen LogP contribution < -0.4 is 16.0 Å². The first-order valence-corrected chi connectivity index (χ1v) is 14.2. The Morgan fingerprint density at radius 2 is 1.05 bits per heavy atom. The molecule has 9 heteroatoms. The number of ketones is 3. The molecule has 0 spiro atoms. The van der Waals surface area contributed by atoms with Crippen molar-refractivity contribution >= 4 is 35.1 Å². The Morgan fingerprint density at radius 1 is 0.550 bits per heavy atom. The van der Waals surface area contributed by atoms with Crippen LogP contribution in [-0.4, -0.2) is 47.3 Å². The molecule has 0 saturated heterocycles. The number of Topliss-reactive ketones (excluding diaryl/α,β-unsaturated/α-hetero) is 3. The predicted octanol–water partition coefficient (Wildman–Crippen LogP) is 5.04. The van der Waals surface area contributed by atoms with Crippen molar-refractivity contribution in [3.63, 3.8) is 0 Å². The summed E-state index contributed by atoms with van der Waals surface area (Å²) in [7, 11) is 0. The molecule has 0 atom stereocenters. The molecule has 0 aliphatic carbocycles. The van der Waals surface area contributed by atoms with E-state index < -0.39 is 5.91 Å². The predicted molar refractivity (Wildman–Crippen MR) is 159 cm³/mol. The van der Waals surface area contributed by atoms with Gasteiger partial charge in [0.05, 0.1) is 13.1 Å². The molecule has 0 fully saturated rings. The van der Waals surface area contributed by atoms with Gasteiger partial charge < -0.3 is 16.0 Å². The summed E-state index contributed by atoms with van der Waals surface area (Å²) in [5.74, 6) is -0.724. The molecule has 0 aromatic heterocycles. The normalized spacial score (nSPS) is 12.0. The summed E-state index contributed by atoms with van der Waals surface area (Å²) in [5, 5.41) is 7.77. The van der Waals surface area contributed by atoms with E-state index in [0.717, 1.165) is 6.42 Å². The van der Waals surface area contributed by atoms with E-state index >= 15 is 0 Å². The summed E-state index contributed by atoms with van der Waals surface area (Å²) >= 11 is 0. The quantitative estimate of drug-likeness (QED) is 0.210. The third-order valence-electron chi connectivity index (χ3n) is 5.34. The van der Waals surface area contributed by atoms with Gasteiger partial charge in [0.1, 0.15) is 23.8 Å². The maximum Gasteiger partial charge on any atom is 0.230 e. The molecule has 40 heavy (non-hydrogen) atoms. The molecule has 0 rings (SSSR count). The zero-order valence-electron chi connectivity index (χ0n) is 27.3. The summed E-state index contributed by atoms with van der Waals surface area (Å²) in [5.41, 5.74) is -0.678. The lowest BCUT2D eigenvalue weighted by Gasteiger charge is -2.20. The lowest BCUT2D eigenvalue weighted by molar-refractivity contribution is -0.131. The first-order valence-electron chi connectivity index (χ1n) is 14.2. The minimum atomic E-state index is -0.414. The first kappa shape index (κ1) is 39.6. The van der Waals surface area contributed by atoms with Gasteiger partial charge in [0.2, 0.25) is 17.7 Å². The number of nitrogens with one attached hydrogen (secondary N) is 3. The van der Waals surface area contributed by atoms with Crippen LogP contribution in [-0.2, 0) is 28.8 Å². The summed E-state index contributed by atoms with van der Waals surface area (Å²) < 4.78 is 0. The Kier molecular flexibility index (Phi) is 17.1. The van der Waals surface area contributed by atoms with Gasteiger partial charge in [0, 0.05) is 36.6 Å². The molecule has 0 heterocycles. The fourth-order valence-corrected chi connectivity index (χ4v) is 3.19. The van der Waals surface area contributed by atoms with E-state index in [2.05, 4.69) is 36.7 Å². The van der Waals surface area contributed by atoms with E-state index in [1.807, 2.05) is 62.3 Å². The fourth-order valence-electron chi connectivity index (χ4n) is 3.19. The first-order chi connectivity index (χ1) is 17.8. The number of amides is 3. The Morgan fingerprint density at radius 3 is 1.50 bits per heavy atom. The van der Waals surface area contributed by atoms with E-state index in [-0.39, 0.29) is 70.5 Å². The maximum atomic E-state index is 11.7. The van der Waals surface area contributed by atoms with Crippen molar-refractivity contribution < 1.29 is 28.8 Å². The van der Waals surface area contributed by atoms with E-state index in [9.17, 15) is 28.8 Å². The van der Waals surface area contributed by atoms with Crippen LogP contribution in [0.3, 0.4) is 0 Å². The largest absolute Gasteiger partial charge is 0.351 e. The van der Waals surface area contributed by atoms with Crippen LogP contribution in [0, 0.1) is 16.2 Å². The molecule has 3 amide bonds. The minimum absolute atomic E-state index is 0.0204. The van der Waals surface area contributed by atoms with Crippen molar-refractivity contribution in [3.05, 3.63) is 0 Å². The maximum absolute atomic E-state index is 11.7. The summed E-state index contributed by atoms with van der Waals surface area (Å²) in [6.07, 6.45) is 2.76. The molecule has 0 saturated carbocycles. The molecular formula is C31H57N3O6. The zero-order valence-corrected chi connectivity index (χ0v) is 27.3. The molecule has 0 aromatic rings. The molecule has 3 N–H and O–H groups in total. The van der Waals surface area contributed by atoms with Gasteiger partial charge in [-0.15, -0.1) is 0 Å². The molecule has 0 bridgehead atoms.